The summed E-state index contributed by atoms with van der Waals surface area (Å²) < 4.78 is 2.00. The van der Waals surface area contributed by atoms with Gasteiger partial charge in [-0.15, -0.1) is 0 Å². The number of fused-ring (bicyclic) bond motifs is 1. The van der Waals surface area contributed by atoms with E-state index in [0.29, 0.717) is 0 Å². The molecule has 0 saturated heterocycles. The maximum Gasteiger partial charge on any atom is 0.0625 e. The standard InChI is InChI=1S/C16H22N4/c1-3-12-10-13(19(2)18-12)11-20-9-5-6-14-15(17)7-4-8-16(14)20/h4,7-8,10H,3,5-6,9,11,17H2,1-2H3. The second-order valence-electron chi connectivity index (χ2n) is 5.47. The number of nitrogens with two attached hydrogens (primary N) is 1. The Morgan fingerprint density at radius 1 is 1.35 bits per heavy atom. The van der Waals surface area contributed by atoms with Gasteiger partial charge in [0, 0.05) is 25.0 Å². The molecule has 2 heterocycles. The van der Waals surface area contributed by atoms with E-state index in [4.69, 9.17) is 5.73 Å². The number of nitrogens with zero attached hydrogens (tertiary/aromatic N) is 3. The van der Waals surface area contributed by atoms with Crippen molar-refractivity contribution in [1.82, 2.24) is 9.78 Å². The van der Waals surface area contributed by atoms with Gasteiger partial charge in [0.15, 0.2) is 0 Å². The topological polar surface area (TPSA) is 47.1 Å². The van der Waals surface area contributed by atoms with Crippen LogP contribution >= 0.6 is 0 Å². The lowest BCUT2D eigenvalue weighted by Crippen LogP contribution is -2.30. The van der Waals surface area contributed by atoms with Crippen LogP contribution in [0.4, 0.5) is 11.4 Å². The lowest BCUT2D eigenvalue weighted by molar-refractivity contribution is 0.642. The molecule has 0 radical (unpaired) electrons. The molecule has 4 heteroatoms. The quantitative estimate of drug-likeness (QED) is 0.872. The molecule has 1 aromatic heterocycles. The minimum atomic E-state index is 0.903. The molecule has 3 rings (SSSR count). The fraction of sp³-hybridized carbons (Fsp3) is 0.438. The zero-order valence-corrected chi connectivity index (χ0v) is 12.3. The Balaban J connectivity index is 1.89. The third-order valence-electron chi connectivity index (χ3n) is 4.13. The van der Waals surface area contributed by atoms with Crippen LogP contribution in [-0.4, -0.2) is 16.3 Å². The molecule has 4 nitrogen and oxygen atoms in total. The predicted molar refractivity (Wildman–Crippen MR) is 82.8 cm³/mol. The number of hydrogen-bond donors (Lipinski definition) is 1. The van der Waals surface area contributed by atoms with Gasteiger partial charge in [0.25, 0.3) is 0 Å². The van der Waals surface area contributed by atoms with E-state index in [9.17, 15) is 0 Å². The molecule has 2 N–H and O–H groups in total. The Hall–Kier alpha value is -1.97. The first-order valence-electron chi connectivity index (χ1n) is 7.33. The molecule has 1 aliphatic heterocycles. The van der Waals surface area contributed by atoms with E-state index in [-0.39, 0.29) is 0 Å². The molecule has 0 atom stereocenters. The zero-order valence-electron chi connectivity index (χ0n) is 12.3. The van der Waals surface area contributed by atoms with Crippen LogP contribution in [0.15, 0.2) is 24.3 Å². The molecule has 1 aliphatic rings. The maximum absolute atomic E-state index is 6.11. The summed E-state index contributed by atoms with van der Waals surface area (Å²) >= 11 is 0. The third kappa shape index (κ3) is 2.26. The minimum absolute atomic E-state index is 0.903. The number of hydrogen-bond acceptors (Lipinski definition) is 3. The van der Waals surface area contributed by atoms with Crippen molar-refractivity contribution in [2.75, 3.05) is 17.2 Å². The van der Waals surface area contributed by atoms with Crippen molar-refractivity contribution in [1.29, 1.82) is 0 Å². The molecule has 0 amide bonds. The Kier molecular flexibility index (Phi) is 3.38. The van der Waals surface area contributed by atoms with Crippen LogP contribution in [0.2, 0.25) is 0 Å². The Morgan fingerprint density at radius 2 is 2.20 bits per heavy atom. The number of nitrogen functional groups attached to an aromatic ring is 1. The fourth-order valence-corrected chi connectivity index (χ4v) is 2.98. The lowest BCUT2D eigenvalue weighted by atomic mass is 10.00. The SMILES string of the molecule is CCc1cc(CN2CCCc3c(N)cccc32)n(C)n1. The minimum Gasteiger partial charge on any atom is -0.398 e. The second kappa shape index (κ2) is 5.19. The monoisotopic (exact) mass is 270 g/mol. The summed E-state index contributed by atoms with van der Waals surface area (Å²) in [6.45, 7) is 4.13. The number of benzene rings is 1. The summed E-state index contributed by atoms with van der Waals surface area (Å²) in [5, 5.41) is 4.53. The highest BCUT2D eigenvalue weighted by Gasteiger charge is 2.19. The van der Waals surface area contributed by atoms with Gasteiger partial charge in [-0.05, 0) is 43.0 Å². The number of aromatic nitrogens is 2. The molecule has 2 aromatic rings. The smallest absolute Gasteiger partial charge is 0.0625 e. The molecule has 0 unspecified atom stereocenters. The number of rotatable bonds is 3. The van der Waals surface area contributed by atoms with Crippen molar-refractivity contribution < 1.29 is 0 Å². The Bertz CT molecular complexity index is 615. The first-order chi connectivity index (χ1) is 9.69. The predicted octanol–water partition coefficient (Wildman–Crippen LogP) is 2.52. The highest BCUT2D eigenvalue weighted by Crippen LogP contribution is 2.32. The van der Waals surface area contributed by atoms with Crippen LogP contribution in [0.3, 0.4) is 0 Å². The lowest BCUT2D eigenvalue weighted by Gasteiger charge is -2.32. The molecule has 0 aliphatic carbocycles. The van der Waals surface area contributed by atoms with E-state index in [1.807, 2.05) is 23.9 Å². The average molecular weight is 270 g/mol. The van der Waals surface area contributed by atoms with E-state index >= 15 is 0 Å². The summed E-state index contributed by atoms with van der Waals surface area (Å²) in [7, 11) is 2.03. The zero-order chi connectivity index (χ0) is 14.1. The van der Waals surface area contributed by atoms with Crippen molar-refractivity contribution >= 4 is 11.4 Å². The van der Waals surface area contributed by atoms with Crippen molar-refractivity contribution in [2.45, 2.75) is 32.7 Å². The van der Waals surface area contributed by atoms with Crippen molar-refractivity contribution in [3.63, 3.8) is 0 Å². The number of anilines is 2. The van der Waals surface area contributed by atoms with Gasteiger partial charge >= 0.3 is 0 Å². The van der Waals surface area contributed by atoms with Gasteiger partial charge in [-0.1, -0.05) is 13.0 Å². The van der Waals surface area contributed by atoms with Gasteiger partial charge in [0.1, 0.15) is 0 Å². The van der Waals surface area contributed by atoms with Gasteiger partial charge in [0.05, 0.1) is 17.9 Å². The molecule has 20 heavy (non-hydrogen) atoms. The van der Waals surface area contributed by atoms with Crippen LogP contribution < -0.4 is 10.6 Å². The maximum atomic E-state index is 6.11. The summed E-state index contributed by atoms with van der Waals surface area (Å²) in [4.78, 5) is 2.42. The highest BCUT2D eigenvalue weighted by atomic mass is 15.3. The summed E-state index contributed by atoms with van der Waals surface area (Å²) in [5.41, 5.74) is 12.0. The average Bonchev–Trinajstić information content (AvgIpc) is 2.81. The van der Waals surface area contributed by atoms with Crippen LogP contribution in [0, 0.1) is 0 Å². The molecule has 0 bridgehead atoms. The Morgan fingerprint density at radius 3 is 2.95 bits per heavy atom. The van der Waals surface area contributed by atoms with E-state index < -0.39 is 0 Å². The molecule has 106 valence electrons. The van der Waals surface area contributed by atoms with Crippen LogP contribution in [0.5, 0.6) is 0 Å². The molecule has 0 saturated carbocycles. The van der Waals surface area contributed by atoms with Crippen molar-refractivity contribution in [3.05, 3.63) is 41.2 Å². The largest absolute Gasteiger partial charge is 0.398 e. The third-order valence-corrected chi connectivity index (χ3v) is 4.13. The Labute approximate surface area is 120 Å². The van der Waals surface area contributed by atoms with Gasteiger partial charge in [-0.25, -0.2) is 0 Å². The normalized spacial score (nSPS) is 14.4. The van der Waals surface area contributed by atoms with E-state index in [1.54, 1.807) is 0 Å². The van der Waals surface area contributed by atoms with E-state index in [2.05, 4.69) is 29.1 Å². The van der Waals surface area contributed by atoms with Gasteiger partial charge < -0.3 is 10.6 Å². The molecule has 0 spiro atoms. The summed E-state index contributed by atoms with van der Waals surface area (Å²) in [6, 6.07) is 8.44. The summed E-state index contributed by atoms with van der Waals surface area (Å²) in [5.74, 6) is 0. The van der Waals surface area contributed by atoms with Crippen molar-refractivity contribution in [2.24, 2.45) is 7.05 Å². The first-order valence-corrected chi connectivity index (χ1v) is 7.33. The van der Waals surface area contributed by atoms with E-state index in [0.717, 1.165) is 37.3 Å². The first kappa shape index (κ1) is 13.0. The van der Waals surface area contributed by atoms with E-state index in [1.165, 1.54) is 23.4 Å². The highest BCUT2D eigenvalue weighted by molar-refractivity contribution is 5.66. The van der Waals surface area contributed by atoms with Crippen molar-refractivity contribution in [3.8, 4) is 0 Å². The fourth-order valence-electron chi connectivity index (χ4n) is 2.98. The van der Waals surface area contributed by atoms with Gasteiger partial charge in [0.2, 0.25) is 0 Å². The molecular weight excluding hydrogens is 248 g/mol. The van der Waals surface area contributed by atoms with Crippen LogP contribution in [-0.2, 0) is 26.4 Å². The van der Waals surface area contributed by atoms with Gasteiger partial charge in [-0.2, -0.15) is 5.10 Å². The molecular formula is C16H22N4. The van der Waals surface area contributed by atoms with Crippen LogP contribution in [0.1, 0.15) is 30.3 Å². The van der Waals surface area contributed by atoms with Gasteiger partial charge in [-0.3, -0.25) is 4.68 Å². The second-order valence-corrected chi connectivity index (χ2v) is 5.47. The number of aryl methyl sites for hydroxylation is 2. The summed E-state index contributed by atoms with van der Waals surface area (Å²) in [6.07, 6.45) is 3.24. The van der Waals surface area contributed by atoms with Crippen LogP contribution in [0.25, 0.3) is 0 Å². The molecule has 0 fully saturated rings. The molecule has 1 aromatic carbocycles.